The summed E-state index contributed by atoms with van der Waals surface area (Å²) >= 11 is 0. The van der Waals surface area contributed by atoms with E-state index in [9.17, 15) is 14.4 Å². The van der Waals surface area contributed by atoms with Crippen molar-refractivity contribution >= 4 is 22.7 Å². The van der Waals surface area contributed by atoms with Gasteiger partial charge in [-0.2, -0.15) is 0 Å². The van der Waals surface area contributed by atoms with E-state index in [1.165, 1.54) is 6.20 Å². The molecule has 162 valence electrons. The molecule has 0 radical (unpaired) electrons. The van der Waals surface area contributed by atoms with Crippen LogP contribution in [0.3, 0.4) is 0 Å². The van der Waals surface area contributed by atoms with Crippen LogP contribution in [0.15, 0.2) is 45.9 Å². The van der Waals surface area contributed by atoms with Gasteiger partial charge in [0, 0.05) is 31.8 Å². The lowest BCUT2D eigenvalue weighted by molar-refractivity contribution is -0.122. The van der Waals surface area contributed by atoms with Crippen molar-refractivity contribution in [3.8, 4) is 11.5 Å². The first-order valence-corrected chi connectivity index (χ1v) is 10.1. The van der Waals surface area contributed by atoms with Crippen molar-refractivity contribution in [3.63, 3.8) is 0 Å². The number of aryl methyl sites for hydroxylation is 1. The molecular formula is C22H23N3O6. The zero-order valence-corrected chi connectivity index (χ0v) is 17.3. The Kier molecular flexibility index (Phi) is 5.66. The molecule has 1 atom stereocenters. The molecule has 1 aromatic carbocycles. The van der Waals surface area contributed by atoms with Crippen LogP contribution in [0.25, 0.3) is 10.9 Å². The molecule has 2 N–H and O–H groups in total. The minimum Gasteiger partial charge on any atom is -0.469 e. The van der Waals surface area contributed by atoms with Gasteiger partial charge < -0.3 is 29.1 Å². The maximum atomic E-state index is 13.0. The lowest BCUT2D eigenvalue weighted by Gasteiger charge is -2.16. The van der Waals surface area contributed by atoms with Gasteiger partial charge in [0.05, 0.1) is 17.2 Å². The first kappa shape index (κ1) is 20.5. The molecule has 0 fully saturated rings. The second-order valence-corrected chi connectivity index (χ2v) is 7.20. The summed E-state index contributed by atoms with van der Waals surface area (Å²) in [6, 6.07) is 6.11. The highest BCUT2D eigenvalue weighted by Gasteiger charge is 2.23. The number of rotatable bonds is 7. The predicted octanol–water partition coefficient (Wildman–Crippen LogP) is 1.82. The topological polar surface area (TPSA) is 112 Å². The highest BCUT2D eigenvalue weighted by molar-refractivity contribution is 6.00. The van der Waals surface area contributed by atoms with Crippen LogP contribution < -0.4 is 25.5 Å². The van der Waals surface area contributed by atoms with Gasteiger partial charge in [-0.25, -0.2) is 0 Å². The van der Waals surface area contributed by atoms with Crippen molar-refractivity contribution in [2.45, 2.75) is 32.9 Å². The molecule has 31 heavy (non-hydrogen) atoms. The molecule has 2 aromatic heterocycles. The molecule has 2 amide bonds. The van der Waals surface area contributed by atoms with Crippen molar-refractivity contribution in [2.75, 3.05) is 13.3 Å². The van der Waals surface area contributed by atoms with Crippen molar-refractivity contribution < 1.29 is 23.5 Å². The highest BCUT2D eigenvalue weighted by Crippen LogP contribution is 2.35. The third kappa shape index (κ3) is 4.11. The van der Waals surface area contributed by atoms with Crippen molar-refractivity contribution in [1.82, 2.24) is 15.2 Å². The second-order valence-electron chi connectivity index (χ2n) is 7.20. The number of amides is 2. The van der Waals surface area contributed by atoms with E-state index in [-0.39, 0.29) is 18.3 Å². The molecule has 3 aromatic rings. The molecule has 1 aliphatic heterocycles. The number of hydrogen-bond donors (Lipinski definition) is 2. The predicted molar refractivity (Wildman–Crippen MR) is 112 cm³/mol. The molecule has 0 bridgehead atoms. The number of pyridine rings is 1. The fraction of sp³-hybridized carbons (Fsp3) is 0.318. The standard InChI is InChI=1S/C22H23N3O6/c1-3-25-11-16(20(26)15-9-18-19(10-17(15)25)31-12-30-18)22(28)24-13(2)21(27)23-7-6-14-5-4-8-29-14/h4-5,8-11,13H,3,6-7,12H2,1-2H3,(H,23,27)(H,24,28). The van der Waals surface area contributed by atoms with Crippen molar-refractivity contribution in [2.24, 2.45) is 0 Å². The Balaban J connectivity index is 1.50. The van der Waals surface area contributed by atoms with Gasteiger partial charge in [0.2, 0.25) is 18.1 Å². The molecule has 4 rings (SSSR count). The van der Waals surface area contributed by atoms with Crippen LogP contribution in [0.5, 0.6) is 11.5 Å². The summed E-state index contributed by atoms with van der Waals surface area (Å²) in [5.41, 5.74) is 0.182. The molecule has 0 saturated carbocycles. The van der Waals surface area contributed by atoms with Crippen molar-refractivity contribution in [3.05, 3.63) is 58.3 Å². The van der Waals surface area contributed by atoms with Gasteiger partial charge >= 0.3 is 0 Å². The number of fused-ring (bicyclic) bond motifs is 2. The summed E-state index contributed by atoms with van der Waals surface area (Å²) in [7, 11) is 0. The highest BCUT2D eigenvalue weighted by atomic mass is 16.7. The van der Waals surface area contributed by atoms with Gasteiger partial charge in [-0.3, -0.25) is 14.4 Å². The Morgan fingerprint density at radius 3 is 2.71 bits per heavy atom. The van der Waals surface area contributed by atoms with E-state index >= 15 is 0 Å². The quantitative estimate of drug-likeness (QED) is 0.597. The van der Waals surface area contributed by atoms with Crippen LogP contribution >= 0.6 is 0 Å². The average molecular weight is 425 g/mol. The molecule has 1 unspecified atom stereocenters. The molecule has 3 heterocycles. The monoisotopic (exact) mass is 425 g/mol. The lowest BCUT2D eigenvalue weighted by atomic mass is 10.1. The Hall–Kier alpha value is -3.75. The molecule has 0 spiro atoms. The van der Waals surface area contributed by atoms with E-state index in [1.807, 2.05) is 13.0 Å². The third-order valence-electron chi connectivity index (χ3n) is 5.15. The molecule has 0 saturated heterocycles. The average Bonchev–Trinajstić information content (AvgIpc) is 3.44. The van der Waals surface area contributed by atoms with Crippen LogP contribution in [-0.2, 0) is 17.8 Å². The Morgan fingerprint density at radius 1 is 1.23 bits per heavy atom. The van der Waals surface area contributed by atoms with Gasteiger partial charge in [0.1, 0.15) is 17.4 Å². The SMILES string of the molecule is CCn1cc(C(=O)NC(C)C(=O)NCCc2ccco2)c(=O)c2cc3c(cc21)OCO3. The van der Waals surface area contributed by atoms with E-state index in [4.69, 9.17) is 13.9 Å². The minimum absolute atomic E-state index is 0.0385. The first-order chi connectivity index (χ1) is 15.0. The number of nitrogens with one attached hydrogen (secondary N) is 2. The van der Waals surface area contributed by atoms with Crippen LogP contribution in [0.1, 0.15) is 30.0 Å². The maximum absolute atomic E-state index is 13.0. The van der Waals surface area contributed by atoms with Crippen LogP contribution in [0.2, 0.25) is 0 Å². The van der Waals surface area contributed by atoms with Gasteiger partial charge in [0.25, 0.3) is 5.91 Å². The van der Waals surface area contributed by atoms with Crippen molar-refractivity contribution in [1.29, 1.82) is 0 Å². The number of nitrogens with zero attached hydrogens (tertiary/aromatic N) is 1. The normalized spacial score (nSPS) is 13.2. The van der Waals surface area contributed by atoms with Gasteiger partial charge in [-0.15, -0.1) is 0 Å². The summed E-state index contributed by atoms with van der Waals surface area (Å²) in [4.78, 5) is 38.1. The zero-order valence-electron chi connectivity index (χ0n) is 17.3. The zero-order chi connectivity index (χ0) is 22.0. The Morgan fingerprint density at radius 2 is 2.00 bits per heavy atom. The molecule has 9 heteroatoms. The number of carbonyl (C=O) groups is 2. The Labute approximate surface area is 177 Å². The second kappa shape index (κ2) is 8.55. The number of carbonyl (C=O) groups excluding carboxylic acids is 2. The molecular weight excluding hydrogens is 402 g/mol. The van der Waals surface area contributed by atoms with Crippen LogP contribution in [-0.4, -0.2) is 35.8 Å². The van der Waals surface area contributed by atoms with Gasteiger partial charge in [0.15, 0.2) is 11.5 Å². The van der Waals surface area contributed by atoms with Gasteiger partial charge in [-0.05, 0) is 32.0 Å². The van der Waals surface area contributed by atoms with E-state index in [0.29, 0.717) is 41.9 Å². The Bertz CT molecular complexity index is 1180. The maximum Gasteiger partial charge on any atom is 0.257 e. The van der Waals surface area contributed by atoms with Crippen LogP contribution in [0.4, 0.5) is 0 Å². The molecule has 9 nitrogen and oxygen atoms in total. The summed E-state index contributed by atoms with van der Waals surface area (Å²) in [6.45, 7) is 4.48. The summed E-state index contributed by atoms with van der Waals surface area (Å²) in [5, 5.41) is 5.71. The number of furan rings is 1. The van der Waals surface area contributed by atoms with E-state index in [1.54, 1.807) is 36.0 Å². The smallest absolute Gasteiger partial charge is 0.257 e. The van der Waals surface area contributed by atoms with E-state index < -0.39 is 17.4 Å². The fourth-order valence-corrected chi connectivity index (χ4v) is 3.46. The number of benzene rings is 1. The molecule has 1 aliphatic rings. The largest absolute Gasteiger partial charge is 0.469 e. The minimum atomic E-state index is -0.814. The lowest BCUT2D eigenvalue weighted by Crippen LogP contribution is -2.46. The summed E-state index contributed by atoms with van der Waals surface area (Å²) in [6.07, 6.45) is 3.62. The number of ether oxygens (including phenoxy) is 2. The number of aromatic nitrogens is 1. The summed E-state index contributed by atoms with van der Waals surface area (Å²) in [5.74, 6) is 0.828. The van der Waals surface area contributed by atoms with E-state index in [2.05, 4.69) is 10.6 Å². The summed E-state index contributed by atoms with van der Waals surface area (Å²) < 4.78 is 17.8. The number of hydrogen-bond acceptors (Lipinski definition) is 6. The van der Waals surface area contributed by atoms with Gasteiger partial charge in [-0.1, -0.05) is 0 Å². The van der Waals surface area contributed by atoms with Crippen LogP contribution in [0, 0.1) is 0 Å². The van der Waals surface area contributed by atoms with E-state index in [0.717, 1.165) is 5.76 Å². The first-order valence-electron chi connectivity index (χ1n) is 10.1. The third-order valence-corrected chi connectivity index (χ3v) is 5.15. The molecule has 0 aliphatic carbocycles. The fourth-order valence-electron chi connectivity index (χ4n) is 3.46.